The number of hydrogen-bond donors (Lipinski definition) is 1. The van der Waals surface area contributed by atoms with Gasteiger partial charge in [-0.2, -0.15) is 0 Å². The molecule has 2 atom stereocenters. The molecule has 0 spiro atoms. The van der Waals surface area contributed by atoms with Gasteiger partial charge in [0.2, 0.25) is 11.8 Å². The highest BCUT2D eigenvalue weighted by Crippen LogP contribution is 2.24. The lowest BCUT2D eigenvalue weighted by Crippen LogP contribution is -2.52. The molecular formula is C28H32BrN3O4S. The highest BCUT2D eigenvalue weighted by atomic mass is 79.9. The van der Waals surface area contributed by atoms with E-state index in [1.54, 1.807) is 55.5 Å². The Morgan fingerprint density at radius 2 is 1.54 bits per heavy atom. The van der Waals surface area contributed by atoms with Crippen molar-refractivity contribution in [1.29, 1.82) is 0 Å². The molecule has 3 aromatic carbocycles. The second kappa shape index (κ2) is 12.9. The van der Waals surface area contributed by atoms with Crippen molar-refractivity contribution in [2.75, 3.05) is 10.8 Å². The fourth-order valence-electron chi connectivity index (χ4n) is 3.72. The summed E-state index contributed by atoms with van der Waals surface area (Å²) in [6.45, 7) is 5.20. The van der Waals surface area contributed by atoms with Crippen molar-refractivity contribution < 1.29 is 18.0 Å². The van der Waals surface area contributed by atoms with Crippen LogP contribution in [0.15, 0.2) is 94.3 Å². The number of hydrogen-bond acceptors (Lipinski definition) is 4. The van der Waals surface area contributed by atoms with Gasteiger partial charge in [0.1, 0.15) is 12.6 Å². The first-order valence-corrected chi connectivity index (χ1v) is 14.3. The quantitative estimate of drug-likeness (QED) is 0.344. The molecule has 9 heteroatoms. The lowest BCUT2D eigenvalue weighted by molar-refractivity contribution is -0.139. The van der Waals surface area contributed by atoms with Crippen molar-refractivity contribution in [2.45, 2.75) is 50.7 Å². The normalized spacial score (nSPS) is 12.9. The molecule has 1 N–H and O–H groups in total. The Hall–Kier alpha value is -3.17. The van der Waals surface area contributed by atoms with Crippen LogP contribution in [0.2, 0.25) is 0 Å². The van der Waals surface area contributed by atoms with Crippen molar-refractivity contribution in [3.63, 3.8) is 0 Å². The zero-order valence-electron chi connectivity index (χ0n) is 21.2. The first kappa shape index (κ1) is 28.4. The predicted octanol–water partition coefficient (Wildman–Crippen LogP) is 4.98. The van der Waals surface area contributed by atoms with Gasteiger partial charge in [-0.15, -0.1) is 0 Å². The molecule has 0 unspecified atom stereocenters. The van der Waals surface area contributed by atoms with Crippen molar-refractivity contribution in [3.05, 3.63) is 95.0 Å². The molecule has 0 heterocycles. The van der Waals surface area contributed by atoms with Crippen molar-refractivity contribution in [3.8, 4) is 0 Å². The van der Waals surface area contributed by atoms with Crippen LogP contribution in [0, 0.1) is 0 Å². The molecule has 0 fully saturated rings. The second-order valence-electron chi connectivity index (χ2n) is 8.81. The Bertz CT molecular complexity index is 1300. The predicted molar refractivity (Wildman–Crippen MR) is 149 cm³/mol. The average molecular weight is 587 g/mol. The number of nitrogens with one attached hydrogen (secondary N) is 1. The van der Waals surface area contributed by atoms with E-state index in [-0.39, 0.29) is 23.4 Å². The van der Waals surface area contributed by atoms with E-state index < -0.39 is 28.5 Å². The maximum absolute atomic E-state index is 13.8. The standard InChI is InChI=1S/C28H32BrN3O4S/c1-4-21(2)30-28(34)22(3)31(19-23-12-11-13-24(29)18-23)27(33)20-32(25-14-7-5-8-15-25)37(35,36)26-16-9-6-10-17-26/h5-18,21-22H,4,19-20H2,1-3H3,(H,30,34)/t21-,22+/m0/s1. The number of amides is 2. The van der Waals surface area contributed by atoms with E-state index in [2.05, 4.69) is 21.2 Å². The highest BCUT2D eigenvalue weighted by molar-refractivity contribution is 9.10. The maximum Gasteiger partial charge on any atom is 0.264 e. The number of anilines is 1. The Morgan fingerprint density at radius 3 is 2.14 bits per heavy atom. The molecule has 0 aromatic heterocycles. The molecule has 196 valence electrons. The number of para-hydroxylation sites is 1. The Labute approximate surface area is 227 Å². The van der Waals surface area contributed by atoms with Crippen LogP contribution in [-0.4, -0.2) is 43.8 Å². The molecule has 2 amide bonds. The SMILES string of the molecule is CC[C@H](C)NC(=O)[C@@H](C)N(Cc1cccc(Br)c1)C(=O)CN(c1ccccc1)S(=O)(=O)c1ccccc1. The smallest absolute Gasteiger partial charge is 0.264 e. The third-order valence-electron chi connectivity index (χ3n) is 6.06. The summed E-state index contributed by atoms with van der Waals surface area (Å²) in [5.41, 5.74) is 1.17. The number of benzene rings is 3. The van der Waals surface area contributed by atoms with Gasteiger partial charge < -0.3 is 10.2 Å². The van der Waals surface area contributed by atoms with Crippen molar-refractivity contribution >= 4 is 43.5 Å². The molecule has 0 radical (unpaired) electrons. The minimum Gasteiger partial charge on any atom is -0.352 e. The summed E-state index contributed by atoms with van der Waals surface area (Å²) < 4.78 is 29.2. The maximum atomic E-state index is 13.8. The van der Waals surface area contributed by atoms with E-state index in [4.69, 9.17) is 0 Å². The monoisotopic (exact) mass is 585 g/mol. The van der Waals surface area contributed by atoms with Gasteiger partial charge in [0.25, 0.3) is 10.0 Å². The van der Waals surface area contributed by atoms with Gasteiger partial charge in [-0.3, -0.25) is 13.9 Å². The topological polar surface area (TPSA) is 86.8 Å². The minimum atomic E-state index is -4.05. The molecule has 7 nitrogen and oxygen atoms in total. The van der Waals surface area contributed by atoms with Gasteiger partial charge in [-0.25, -0.2) is 8.42 Å². The highest BCUT2D eigenvalue weighted by Gasteiger charge is 2.32. The van der Waals surface area contributed by atoms with E-state index in [1.807, 2.05) is 38.1 Å². The van der Waals surface area contributed by atoms with Gasteiger partial charge in [0, 0.05) is 17.1 Å². The molecule has 0 aliphatic rings. The molecule has 0 aliphatic carbocycles. The summed E-state index contributed by atoms with van der Waals surface area (Å²) in [6.07, 6.45) is 0.745. The first-order chi connectivity index (χ1) is 17.6. The van der Waals surface area contributed by atoms with Gasteiger partial charge in [-0.1, -0.05) is 71.4 Å². The third-order valence-corrected chi connectivity index (χ3v) is 8.35. The van der Waals surface area contributed by atoms with E-state index in [9.17, 15) is 18.0 Å². The molecular weight excluding hydrogens is 554 g/mol. The molecule has 0 saturated carbocycles. The van der Waals surface area contributed by atoms with E-state index >= 15 is 0 Å². The third kappa shape index (κ3) is 7.42. The molecule has 0 aliphatic heterocycles. The minimum absolute atomic E-state index is 0.0583. The summed E-state index contributed by atoms with van der Waals surface area (Å²) in [5, 5.41) is 2.93. The van der Waals surface area contributed by atoms with Crippen LogP contribution in [0.25, 0.3) is 0 Å². The molecule has 3 aromatic rings. The van der Waals surface area contributed by atoms with Gasteiger partial charge in [-0.05, 0) is 62.2 Å². The van der Waals surface area contributed by atoms with Gasteiger partial charge >= 0.3 is 0 Å². The van der Waals surface area contributed by atoms with E-state index in [1.165, 1.54) is 17.0 Å². The Morgan fingerprint density at radius 1 is 0.919 bits per heavy atom. The van der Waals surface area contributed by atoms with Crippen LogP contribution in [0.4, 0.5) is 5.69 Å². The second-order valence-corrected chi connectivity index (χ2v) is 11.6. The van der Waals surface area contributed by atoms with Crippen LogP contribution in [0.3, 0.4) is 0 Å². The summed E-state index contributed by atoms with van der Waals surface area (Å²) in [4.78, 5) is 28.4. The summed E-state index contributed by atoms with van der Waals surface area (Å²) in [6, 6.07) is 23.1. The lowest BCUT2D eigenvalue weighted by Gasteiger charge is -2.32. The fourth-order valence-corrected chi connectivity index (χ4v) is 5.60. The van der Waals surface area contributed by atoms with Crippen molar-refractivity contribution in [1.82, 2.24) is 10.2 Å². The van der Waals surface area contributed by atoms with E-state index in [0.29, 0.717) is 5.69 Å². The molecule has 0 saturated heterocycles. The average Bonchev–Trinajstić information content (AvgIpc) is 2.90. The summed E-state index contributed by atoms with van der Waals surface area (Å²) in [7, 11) is -4.05. The molecule has 3 rings (SSSR count). The van der Waals surface area contributed by atoms with Crippen LogP contribution in [0.5, 0.6) is 0 Å². The van der Waals surface area contributed by atoms with Crippen LogP contribution in [0.1, 0.15) is 32.8 Å². The Balaban J connectivity index is 1.99. The van der Waals surface area contributed by atoms with Gasteiger partial charge in [0.05, 0.1) is 10.6 Å². The number of halogens is 1. The zero-order valence-corrected chi connectivity index (χ0v) is 23.6. The Kier molecular flexibility index (Phi) is 9.88. The molecule has 37 heavy (non-hydrogen) atoms. The number of sulfonamides is 1. The van der Waals surface area contributed by atoms with Crippen LogP contribution < -0.4 is 9.62 Å². The van der Waals surface area contributed by atoms with Crippen LogP contribution >= 0.6 is 15.9 Å². The van der Waals surface area contributed by atoms with Gasteiger partial charge in [0.15, 0.2) is 0 Å². The molecule has 0 bridgehead atoms. The number of rotatable bonds is 11. The number of nitrogens with zero attached hydrogens (tertiary/aromatic N) is 2. The lowest BCUT2D eigenvalue weighted by atomic mass is 10.1. The zero-order chi connectivity index (χ0) is 27.0. The van der Waals surface area contributed by atoms with Crippen molar-refractivity contribution in [2.24, 2.45) is 0 Å². The number of carbonyl (C=O) groups excluding carboxylic acids is 2. The van der Waals surface area contributed by atoms with Crippen LogP contribution in [-0.2, 0) is 26.2 Å². The summed E-state index contributed by atoms with van der Waals surface area (Å²) >= 11 is 3.45. The fraction of sp³-hybridized carbons (Fsp3) is 0.286. The largest absolute Gasteiger partial charge is 0.352 e. The number of carbonyl (C=O) groups is 2. The first-order valence-electron chi connectivity index (χ1n) is 12.1. The summed E-state index contributed by atoms with van der Waals surface area (Å²) in [5.74, 6) is -0.787. The van der Waals surface area contributed by atoms with E-state index in [0.717, 1.165) is 20.8 Å².